The normalized spacial score (nSPS) is 17.5. The summed E-state index contributed by atoms with van der Waals surface area (Å²) in [5.74, 6) is 0.203. The molecular weight excluding hydrogens is 188 g/mol. The quantitative estimate of drug-likeness (QED) is 0.753. The van der Waals surface area contributed by atoms with E-state index < -0.39 is 0 Å². The molecular formula is C13H16O2. The number of benzene rings is 1. The molecule has 0 saturated heterocycles. The first-order valence-electron chi connectivity index (χ1n) is 5.31. The largest absolute Gasteiger partial charge is 0.374 e. The topological polar surface area (TPSA) is 26.3 Å². The lowest BCUT2D eigenvalue weighted by Crippen LogP contribution is -2.13. The van der Waals surface area contributed by atoms with Crippen LogP contribution in [-0.4, -0.2) is 12.9 Å². The second kappa shape index (κ2) is 3.78. The van der Waals surface area contributed by atoms with E-state index in [1.165, 1.54) is 5.56 Å². The molecule has 15 heavy (non-hydrogen) atoms. The lowest BCUT2D eigenvalue weighted by atomic mass is 9.97. The van der Waals surface area contributed by atoms with Crippen LogP contribution in [0.1, 0.15) is 30.9 Å². The highest BCUT2D eigenvalue weighted by Crippen LogP contribution is 2.49. The first kappa shape index (κ1) is 10.4. The maximum atomic E-state index is 11.2. The summed E-state index contributed by atoms with van der Waals surface area (Å²) in [6, 6.07) is 8.09. The fourth-order valence-electron chi connectivity index (χ4n) is 2.08. The van der Waals surface area contributed by atoms with Gasteiger partial charge in [-0.15, -0.1) is 0 Å². The van der Waals surface area contributed by atoms with Crippen LogP contribution in [0, 0.1) is 0 Å². The molecule has 0 radical (unpaired) electrons. The number of carbonyl (C=O) groups is 1. The fraction of sp³-hybridized carbons (Fsp3) is 0.462. The first-order valence-corrected chi connectivity index (χ1v) is 5.31. The molecule has 2 heteroatoms. The minimum Gasteiger partial charge on any atom is -0.374 e. The number of hydrogen-bond donors (Lipinski definition) is 0. The minimum atomic E-state index is -0.0912. The number of carbonyl (C=O) groups excluding carboxylic acids is 1. The van der Waals surface area contributed by atoms with Crippen molar-refractivity contribution in [3.63, 3.8) is 0 Å². The van der Waals surface area contributed by atoms with Crippen molar-refractivity contribution >= 4 is 5.78 Å². The Balaban J connectivity index is 2.34. The molecule has 0 aromatic heterocycles. The third-order valence-corrected chi connectivity index (χ3v) is 3.04. The van der Waals surface area contributed by atoms with Gasteiger partial charge in [0.1, 0.15) is 5.78 Å². The van der Waals surface area contributed by atoms with E-state index in [2.05, 4.69) is 6.07 Å². The van der Waals surface area contributed by atoms with E-state index in [9.17, 15) is 4.79 Å². The molecule has 2 rings (SSSR count). The average molecular weight is 204 g/mol. The predicted molar refractivity (Wildman–Crippen MR) is 58.7 cm³/mol. The molecule has 0 bridgehead atoms. The van der Waals surface area contributed by atoms with Gasteiger partial charge in [-0.3, -0.25) is 4.79 Å². The van der Waals surface area contributed by atoms with Crippen molar-refractivity contribution in [3.8, 4) is 0 Å². The predicted octanol–water partition coefficient (Wildman–Crippen LogP) is 2.45. The van der Waals surface area contributed by atoms with Gasteiger partial charge >= 0.3 is 0 Å². The average Bonchev–Trinajstić information content (AvgIpc) is 2.98. The SMILES string of the molecule is COC1(c2ccccc2CC(C)=O)CC1. The smallest absolute Gasteiger partial charge is 0.134 e. The van der Waals surface area contributed by atoms with Gasteiger partial charge in [-0.25, -0.2) is 0 Å². The van der Waals surface area contributed by atoms with Crippen LogP contribution in [0.5, 0.6) is 0 Å². The summed E-state index contributed by atoms with van der Waals surface area (Å²) in [4.78, 5) is 11.2. The van der Waals surface area contributed by atoms with Gasteiger partial charge in [0.15, 0.2) is 0 Å². The zero-order chi connectivity index (χ0) is 10.9. The van der Waals surface area contributed by atoms with Crippen molar-refractivity contribution in [2.24, 2.45) is 0 Å². The van der Waals surface area contributed by atoms with Crippen molar-refractivity contribution in [1.29, 1.82) is 0 Å². The van der Waals surface area contributed by atoms with Gasteiger partial charge in [0.05, 0.1) is 5.60 Å². The highest BCUT2D eigenvalue weighted by atomic mass is 16.5. The molecule has 1 aliphatic carbocycles. The summed E-state index contributed by atoms with van der Waals surface area (Å²) in [7, 11) is 1.75. The Morgan fingerprint density at radius 2 is 2.07 bits per heavy atom. The van der Waals surface area contributed by atoms with Gasteiger partial charge in [-0.1, -0.05) is 24.3 Å². The third-order valence-electron chi connectivity index (χ3n) is 3.04. The van der Waals surface area contributed by atoms with Gasteiger partial charge < -0.3 is 4.74 Å². The van der Waals surface area contributed by atoms with Crippen LogP contribution in [0.4, 0.5) is 0 Å². The second-order valence-corrected chi connectivity index (χ2v) is 4.23. The van der Waals surface area contributed by atoms with E-state index in [4.69, 9.17) is 4.74 Å². The monoisotopic (exact) mass is 204 g/mol. The molecule has 1 fully saturated rings. The van der Waals surface area contributed by atoms with E-state index >= 15 is 0 Å². The standard InChI is InChI=1S/C13H16O2/c1-10(14)9-11-5-3-4-6-12(11)13(15-2)7-8-13/h3-6H,7-9H2,1-2H3. The molecule has 0 N–H and O–H groups in total. The molecule has 0 heterocycles. The molecule has 1 saturated carbocycles. The van der Waals surface area contributed by atoms with Gasteiger partial charge in [-0.2, -0.15) is 0 Å². The second-order valence-electron chi connectivity index (χ2n) is 4.23. The summed E-state index contributed by atoms with van der Waals surface area (Å²) < 4.78 is 5.55. The Bertz CT molecular complexity index is 378. The van der Waals surface area contributed by atoms with E-state index in [0.717, 1.165) is 18.4 Å². The lowest BCUT2D eigenvalue weighted by Gasteiger charge is -2.17. The fourth-order valence-corrected chi connectivity index (χ4v) is 2.08. The third kappa shape index (κ3) is 1.95. The molecule has 0 spiro atoms. The maximum Gasteiger partial charge on any atom is 0.134 e. The summed E-state index contributed by atoms with van der Waals surface area (Å²) in [5.41, 5.74) is 2.22. The summed E-state index contributed by atoms with van der Waals surface area (Å²) in [5, 5.41) is 0. The van der Waals surface area contributed by atoms with Crippen molar-refractivity contribution in [2.75, 3.05) is 7.11 Å². The molecule has 2 nitrogen and oxygen atoms in total. The van der Waals surface area contributed by atoms with Crippen LogP contribution in [0.15, 0.2) is 24.3 Å². The number of Topliss-reactive ketones (excluding diaryl/α,β-unsaturated/α-hetero) is 1. The molecule has 0 atom stereocenters. The van der Waals surface area contributed by atoms with Crippen molar-refractivity contribution in [3.05, 3.63) is 35.4 Å². The highest BCUT2D eigenvalue weighted by Gasteiger charge is 2.45. The molecule has 0 aliphatic heterocycles. The summed E-state index contributed by atoms with van der Waals surface area (Å²) in [6.07, 6.45) is 2.65. The number of methoxy groups -OCH3 is 1. The lowest BCUT2D eigenvalue weighted by molar-refractivity contribution is -0.116. The first-order chi connectivity index (χ1) is 7.18. The van der Waals surface area contributed by atoms with Crippen LogP contribution in [0.2, 0.25) is 0 Å². The van der Waals surface area contributed by atoms with Gasteiger partial charge in [-0.05, 0) is 30.9 Å². The summed E-state index contributed by atoms with van der Waals surface area (Å²) >= 11 is 0. The molecule has 0 amide bonds. The van der Waals surface area contributed by atoms with Crippen LogP contribution in [-0.2, 0) is 21.6 Å². The zero-order valence-corrected chi connectivity index (χ0v) is 9.25. The molecule has 80 valence electrons. The van der Waals surface area contributed by atoms with Crippen molar-refractivity contribution in [1.82, 2.24) is 0 Å². The maximum absolute atomic E-state index is 11.2. The Kier molecular flexibility index (Phi) is 2.61. The molecule has 0 unspecified atom stereocenters. The molecule has 1 aromatic carbocycles. The van der Waals surface area contributed by atoms with Gasteiger partial charge in [0.25, 0.3) is 0 Å². The van der Waals surface area contributed by atoms with E-state index in [1.54, 1.807) is 14.0 Å². The number of rotatable bonds is 4. The number of ketones is 1. The van der Waals surface area contributed by atoms with Crippen molar-refractivity contribution < 1.29 is 9.53 Å². The Labute approximate surface area is 90.3 Å². The Hall–Kier alpha value is -1.15. The Morgan fingerprint density at radius 3 is 2.60 bits per heavy atom. The van der Waals surface area contributed by atoms with Crippen LogP contribution >= 0.6 is 0 Å². The van der Waals surface area contributed by atoms with Crippen LogP contribution < -0.4 is 0 Å². The van der Waals surface area contributed by atoms with E-state index in [0.29, 0.717) is 6.42 Å². The van der Waals surface area contributed by atoms with E-state index in [-0.39, 0.29) is 11.4 Å². The molecule has 1 aromatic rings. The van der Waals surface area contributed by atoms with Gasteiger partial charge in [0.2, 0.25) is 0 Å². The Morgan fingerprint density at radius 1 is 1.40 bits per heavy atom. The number of ether oxygens (including phenoxy) is 1. The van der Waals surface area contributed by atoms with E-state index in [1.807, 2.05) is 18.2 Å². The van der Waals surface area contributed by atoms with Crippen molar-refractivity contribution in [2.45, 2.75) is 31.8 Å². The minimum absolute atomic E-state index is 0.0912. The van der Waals surface area contributed by atoms with Crippen LogP contribution in [0.25, 0.3) is 0 Å². The molecule has 1 aliphatic rings. The zero-order valence-electron chi connectivity index (χ0n) is 9.25. The van der Waals surface area contributed by atoms with Gasteiger partial charge in [0, 0.05) is 13.5 Å². The van der Waals surface area contributed by atoms with Crippen LogP contribution in [0.3, 0.4) is 0 Å². The number of hydrogen-bond acceptors (Lipinski definition) is 2. The summed E-state index contributed by atoms with van der Waals surface area (Å²) in [6.45, 7) is 1.63. The highest BCUT2D eigenvalue weighted by molar-refractivity contribution is 5.78.